The van der Waals surface area contributed by atoms with Gasteiger partial charge in [0.25, 0.3) is 0 Å². The van der Waals surface area contributed by atoms with E-state index in [1.54, 1.807) is 4.90 Å². The van der Waals surface area contributed by atoms with Crippen LogP contribution in [-0.4, -0.2) is 46.8 Å². The van der Waals surface area contributed by atoms with E-state index in [1.807, 2.05) is 6.92 Å². The molecule has 0 radical (unpaired) electrons. The molecule has 12 heteroatoms. The zero-order valence-electron chi connectivity index (χ0n) is 19.7. The van der Waals surface area contributed by atoms with Gasteiger partial charge in [-0.25, -0.2) is 13.6 Å². The monoisotopic (exact) mass is 538 g/mol. The van der Waals surface area contributed by atoms with Crippen LogP contribution in [0.1, 0.15) is 25.3 Å². The standard InChI is InChI=1S/C25H23F5N4O2S/c1-2-14-10-33(11-15(12-35)31-14)23-17-9-18(25(28,29)30)20(16-5-4-13(26)8-19(16)27)22-21(17)34(24(36)32-23)6-3-7-37-22/h4-5,8-9,12,14-15,31H,2-3,6-7,10-11H2,1H3. The molecule has 2 aliphatic heterocycles. The third kappa shape index (κ3) is 4.61. The minimum absolute atomic E-state index is 0.0587. The fourth-order valence-electron chi connectivity index (χ4n) is 5.05. The van der Waals surface area contributed by atoms with Crippen molar-refractivity contribution in [3.8, 4) is 11.1 Å². The van der Waals surface area contributed by atoms with E-state index >= 15 is 0 Å². The summed E-state index contributed by atoms with van der Waals surface area (Å²) in [6.07, 6.45) is -3.02. The molecule has 0 bridgehead atoms. The SMILES string of the molecule is CCC1CN(c2nc(=O)n3c4c(c(-c5ccc(F)cc5F)c(C(F)(F)F)cc24)SCCC3)CC(C=O)N1. The van der Waals surface area contributed by atoms with Crippen LogP contribution in [0.15, 0.2) is 34.0 Å². The Balaban J connectivity index is 1.87. The summed E-state index contributed by atoms with van der Waals surface area (Å²) in [4.78, 5) is 30.7. The van der Waals surface area contributed by atoms with E-state index in [1.165, 1.54) is 4.57 Å². The lowest BCUT2D eigenvalue weighted by molar-refractivity contribution is -0.137. The van der Waals surface area contributed by atoms with Crippen molar-refractivity contribution in [2.75, 3.05) is 23.7 Å². The van der Waals surface area contributed by atoms with Crippen molar-refractivity contribution in [2.45, 2.75) is 49.5 Å². The van der Waals surface area contributed by atoms with E-state index in [9.17, 15) is 31.5 Å². The highest BCUT2D eigenvalue weighted by Gasteiger charge is 2.39. The number of aryl methyl sites for hydroxylation is 1. The van der Waals surface area contributed by atoms with E-state index in [2.05, 4.69) is 10.3 Å². The first kappa shape index (κ1) is 25.7. The fourth-order valence-corrected chi connectivity index (χ4v) is 6.25. The highest BCUT2D eigenvalue weighted by atomic mass is 32.2. The maximum absolute atomic E-state index is 14.9. The largest absolute Gasteiger partial charge is 0.417 e. The molecule has 5 rings (SSSR count). The molecule has 2 aromatic carbocycles. The molecule has 3 heterocycles. The number of rotatable bonds is 4. The van der Waals surface area contributed by atoms with Crippen LogP contribution in [0.5, 0.6) is 0 Å². The van der Waals surface area contributed by atoms with Crippen LogP contribution in [-0.2, 0) is 17.5 Å². The van der Waals surface area contributed by atoms with E-state index < -0.39 is 46.2 Å². The summed E-state index contributed by atoms with van der Waals surface area (Å²) in [5.41, 5.74) is -2.32. The molecule has 1 N–H and O–H groups in total. The van der Waals surface area contributed by atoms with Crippen LogP contribution >= 0.6 is 11.8 Å². The maximum atomic E-state index is 14.9. The van der Waals surface area contributed by atoms with E-state index in [4.69, 9.17) is 0 Å². The quantitative estimate of drug-likeness (QED) is 0.387. The van der Waals surface area contributed by atoms with Gasteiger partial charge in [-0.15, -0.1) is 11.8 Å². The van der Waals surface area contributed by atoms with Crippen molar-refractivity contribution in [2.24, 2.45) is 0 Å². The van der Waals surface area contributed by atoms with Crippen molar-refractivity contribution >= 4 is 34.8 Å². The van der Waals surface area contributed by atoms with Crippen molar-refractivity contribution in [3.05, 3.63) is 51.9 Å². The van der Waals surface area contributed by atoms with Gasteiger partial charge in [0.1, 0.15) is 23.7 Å². The van der Waals surface area contributed by atoms with Crippen LogP contribution in [0.3, 0.4) is 0 Å². The van der Waals surface area contributed by atoms with Crippen molar-refractivity contribution in [1.29, 1.82) is 0 Å². The molecule has 196 valence electrons. The number of halogens is 5. The second kappa shape index (κ2) is 9.71. The average molecular weight is 539 g/mol. The van der Waals surface area contributed by atoms with Gasteiger partial charge in [-0.05, 0) is 36.8 Å². The molecule has 0 saturated carbocycles. The summed E-state index contributed by atoms with van der Waals surface area (Å²) in [5, 5.41) is 3.27. The molecule has 2 aliphatic rings. The molecule has 2 unspecified atom stereocenters. The molecule has 0 amide bonds. The molecule has 0 spiro atoms. The Morgan fingerprint density at radius 2 is 2.00 bits per heavy atom. The molecule has 3 aromatic rings. The first-order valence-electron chi connectivity index (χ1n) is 11.9. The van der Waals surface area contributed by atoms with Gasteiger partial charge in [0.15, 0.2) is 0 Å². The number of anilines is 1. The smallest absolute Gasteiger partial charge is 0.352 e. The Labute approximate surface area is 212 Å². The van der Waals surface area contributed by atoms with Gasteiger partial charge < -0.3 is 15.0 Å². The Morgan fingerprint density at radius 1 is 1.22 bits per heavy atom. The fraction of sp³-hybridized carbons (Fsp3) is 0.400. The topological polar surface area (TPSA) is 67.2 Å². The first-order valence-corrected chi connectivity index (χ1v) is 12.8. The number of hydrogen-bond donors (Lipinski definition) is 1. The number of carbonyl (C=O) groups excluding carboxylic acids is 1. The zero-order valence-corrected chi connectivity index (χ0v) is 20.6. The number of piperazine rings is 1. The number of aldehydes is 1. The summed E-state index contributed by atoms with van der Waals surface area (Å²) < 4.78 is 73.5. The Morgan fingerprint density at radius 3 is 2.68 bits per heavy atom. The summed E-state index contributed by atoms with van der Waals surface area (Å²) in [6, 6.07) is 2.63. The second-order valence-electron chi connectivity index (χ2n) is 9.14. The number of thioether (sulfide) groups is 1. The van der Waals surface area contributed by atoms with Gasteiger partial charge in [0.2, 0.25) is 0 Å². The predicted octanol–water partition coefficient (Wildman–Crippen LogP) is 4.61. The Hall–Kier alpha value is -2.99. The van der Waals surface area contributed by atoms with Gasteiger partial charge in [-0.2, -0.15) is 18.2 Å². The van der Waals surface area contributed by atoms with Crippen LogP contribution < -0.4 is 15.9 Å². The molecule has 2 atom stereocenters. The minimum atomic E-state index is -4.88. The lowest BCUT2D eigenvalue weighted by atomic mass is 9.95. The normalized spacial score (nSPS) is 20.2. The number of alkyl halides is 3. The van der Waals surface area contributed by atoms with Crippen LogP contribution in [0.25, 0.3) is 22.0 Å². The molecule has 6 nitrogen and oxygen atoms in total. The van der Waals surface area contributed by atoms with E-state index in [0.29, 0.717) is 31.2 Å². The summed E-state index contributed by atoms with van der Waals surface area (Å²) in [5.74, 6) is -1.59. The first-order chi connectivity index (χ1) is 17.6. The third-order valence-electron chi connectivity index (χ3n) is 6.74. The zero-order chi connectivity index (χ0) is 26.5. The molecule has 1 saturated heterocycles. The van der Waals surface area contributed by atoms with Crippen molar-refractivity contribution in [3.63, 3.8) is 0 Å². The second-order valence-corrected chi connectivity index (χ2v) is 10.2. The average Bonchev–Trinajstić information content (AvgIpc) is 3.09. The third-order valence-corrected chi connectivity index (χ3v) is 7.92. The molecular weight excluding hydrogens is 515 g/mol. The molecule has 1 aromatic heterocycles. The Kier molecular flexibility index (Phi) is 6.73. The van der Waals surface area contributed by atoms with Gasteiger partial charge in [0.05, 0.1) is 17.1 Å². The lowest BCUT2D eigenvalue weighted by Gasteiger charge is -2.38. The Bertz CT molecular complexity index is 1440. The van der Waals surface area contributed by atoms with Gasteiger partial charge in [-0.1, -0.05) is 6.92 Å². The van der Waals surface area contributed by atoms with Crippen LogP contribution in [0, 0.1) is 11.6 Å². The van der Waals surface area contributed by atoms with Crippen LogP contribution in [0.4, 0.5) is 27.8 Å². The number of hydrogen-bond acceptors (Lipinski definition) is 6. The van der Waals surface area contributed by atoms with E-state index in [0.717, 1.165) is 36.2 Å². The summed E-state index contributed by atoms with van der Waals surface area (Å²) in [6.45, 7) is 2.61. The highest BCUT2D eigenvalue weighted by Crippen LogP contribution is 2.48. The lowest BCUT2D eigenvalue weighted by Crippen LogP contribution is -2.57. The van der Waals surface area contributed by atoms with Gasteiger partial charge in [0, 0.05) is 53.2 Å². The van der Waals surface area contributed by atoms with Gasteiger partial charge >= 0.3 is 11.9 Å². The maximum Gasteiger partial charge on any atom is 0.417 e. The molecule has 0 aliphatic carbocycles. The van der Waals surface area contributed by atoms with Crippen molar-refractivity contribution < 1.29 is 26.7 Å². The highest BCUT2D eigenvalue weighted by molar-refractivity contribution is 7.99. The number of benzene rings is 2. The van der Waals surface area contributed by atoms with Crippen molar-refractivity contribution in [1.82, 2.24) is 14.9 Å². The number of nitrogens with one attached hydrogen (secondary N) is 1. The number of aromatic nitrogens is 2. The molecule has 1 fully saturated rings. The predicted molar refractivity (Wildman–Crippen MR) is 131 cm³/mol. The minimum Gasteiger partial charge on any atom is -0.352 e. The summed E-state index contributed by atoms with van der Waals surface area (Å²) in [7, 11) is 0. The molecule has 37 heavy (non-hydrogen) atoms. The van der Waals surface area contributed by atoms with Gasteiger partial charge in [-0.3, -0.25) is 4.57 Å². The molecular formula is C25H23F5N4O2S. The van der Waals surface area contributed by atoms with E-state index in [-0.39, 0.29) is 40.7 Å². The van der Waals surface area contributed by atoms with Crippen LogP contribution in [0.2, 0.25) is 0 Å². The summed E-state index contributed by atoms with van der Waals surface area (Å²) >= 11 is 1.11. The number of nitrogens with zero attached hydrogens (tertiary/aromatic N) is 3. The number of carbonyl (C=O) groups is 1.